The highest BCUT2D eigenvalue weighted by atomic mass is 16.6. The number of nitriles is 1. The maximum absolute atomic E-state index is 12.1. The third kappa shape index (κ3) is 3.97. The average molecular weight is 316 g/mol. The van der Waals surface area contributed by atoms with Crippen molar-refractivity contribution in [1.82, 2.24) is 10.2 Å². The van der Waals surface area contributed by atoms with E-state index in [2.05, 4.69) is 5.32 Å². The van der Waals surface area contributed by atoms with Gasteiger partial charge < -0.3 is 15.8 Å². The van der Waals surface area contributed by atoms with Crippen LogP contribution in [-0.2, 0) is 20.9 Å². The summed E-state index contributed by atoms with van der Waals surface area (Å²) in [6.07, 6.45) is -0.599. The van der Waals surface area contributed by atoms with E-state index in [1.54, 1.807) is 24.3 Å². The Morgan fingerprint density at radius 3 is 2.87 bits per heavy atom. The monoisotopic (exact) mass is 316 g/mol. The van der Waals surface area contributed by atoms with Gasteiger partial charge in [0, 0.05) is 13.0 Å². The van der Waals surface area contributed by atoms with E-state index < -0.39 is 23.9 Å². The smallest absolute Gasteiger partial charge is 0.410 e. The van der Waals surface area contributed by atoms with E-state index in [1.165, 1.54) is 4.90 Å². The van der Waals surface area contributed by atoms with Gasteiger partial charge in [0.25, 0.3) is 0 Å². The summed E-state index contributed by atoms with van der Waals surface area (Å²) in [4.78, 5) is 35.9. The van der Waals surface area contributed by atoms with Gasteiger partial charge in [-0.05, 0) is 11.6 Å². The Labute approximate surface area is 132 Å². The largest absolute Gasteiger partial charge is 0.447 e. The molecule has 0 unspecified atom stereocenters. The van der Waals surface area contributed by atoms with Crippen molar-refractivity contribution in [2.24, 2.45) is 5.73 Å². The summed E-state index contributed by atoms with van der Waals surface area (Å²) in [5.74, 6) is -0.949. The molecule has 1 aliphatic heterocycles. The molecule has 0 spiro atoms. The van der Waals surface area contributed by atoms with Crippen molar-refractivity contribution in [1.29, 1.82) is 5.26 Å². The van der Waals surface area contributed by atoms with Gasteiger partial charge in [-0.1, -0.05) is 18.2 Å². The average Bonchev–Trinajstić information content (AvgIpc) is 2.88. The summed E-state index contributed by atoms with van der Waals surface area (Å²) in [5, 5.41) is 11.6. The van der Waals surface area contributed by atoms with Gasteiger partial charge in [0.1, 0.15) is 12.6 Å². The number of carbonyl (C=O) groups is 3. The van der Waals surface area contributed by atoms with E-state index >= 15 is 0 Å². The van der Waals surface area contributed by atoms with Gasteiger partial charge >= 0.3 is 6.09 Å². The number of benzene rings is 1. The van der Waals surface area contributed by atoms with Crippen LogP contribution in [0, 0.1) is 11.3 Å². The van der Waals surface area contributed by atoms with Crippen LogP contribution in [0.3, 0.4) is 0 Å². The van der Waals surface area contributed by atoms with Crippen LogP contribution in [0.1, 0.15) is 17.5 Å². The molecule has 2 rings (SSSR count). The van der Waals surface area contributed by atoms with E-state index in [9.17, 15) is 14.4 Å². The quantitative estimate of drug-likeness (QED) is 0.756. The fourth-order valence-electron chi connectivity index (χ4n) is 2.22. The number of primary amides is 1. The molecule has 23 heavy (non-hydrogen) atoms. The third-order valence-corrected chi connectivity index (χ3v) is 3.43. The zero-order valence-corrected chi connectivity index (χ0v) is 12.3. The van der Waals surface area contributed by atoms with Crippen LogP contribution in [-0.4, -0.2) is 42.0 Å². The van der Waals surface area contributed by atoms with E-state index in [0.717, 1.165) is 0 Å². The highest BCUT2D eigenvalue weighted by Crippen LogP contribution is 2.18. The predicted molar refractivity (Wildman–Crippen MR) is 78.7 cm³/mol. The first kappa shape index (κ1) is 16.3. The first-order valence-electron chi connectivity index (χ1n) is 7.00. The summed E-state index contributed by atoms with van der Waals surface area (Å²) in [7, 11) is 0. The molecule has 1 aromatic carbocycles. The predicted octanol–water partition coefficient (Wildman–Crippen LogP) is -0.129. The minimum Gasteiger partial charge on any atom is -0.447 e. The van der Waals surface area contributed by atoms with Gasteiger partial charge in [-0.25, -0.2) is 4.79 Å². The Bertz CT molecular complexity index is 668. The highest BCUT2D eigenvalue weighted by molar-refractivity contribution is 5.88. The topological polar surface area (TPSA) is 126 Å². The molecule has 1 aromatic rings. The number of cyclic esters (lactones) is 1. The molecule has 0 saturated carbocycles. The molecule has 8 nitrogen and oxygen atoms in total. The Morgan fingerprint density at radius 2 is 2.17 bits per heavy atom. The van der Waals surface area contributed by atoms with Gasteiger partial charge in [0.2, 0.25) is 11.8 Å². The van der Waals surface area contributed by atoms with Crippen molar-refractivity contribution in [2.75, 3.05) is 13.2 Å². The van der Waals surface area contributed by atoms with Crippen LogP contribution in [0.4, 0.5) is 4.79 Å². The molecular formula is C15H16N4O4. The lowest BCUT2D eigenvalue weighted by Crippen LogP contribution is -2.46. The lowest BCUT2D eigenvalue weighted by Gasteiger charge is -2.21. The molecular weight excluding hydrogens is 300 g/mol. The van der Waals surface area contributed by atoms with Crippen molar-refractivity contribution in [3.63, 3.8) is 0 Å². The molecule has 1 atom stereocenters. The van der Waals surface area contributed by atoms with Crippen LogP contribution in [0.2, 0.25) is 0 Å². The van der Waals surface area contributed by atoms with Crippen molar-refractivity contribution in [2.45, 2.75) is 19.0 Å². The number of nitrogens with two attached hydrogens (primary N) is 1. The first-order valence-corrected chi connectivity index (χ1v) is 7.00. The molecule has 1 aliphatic rings. The van der Waals surface area contributed by atoms with Crippen LogP contribution >= 0.6 is 0 Å². The van der Waals surface area contributed by atoms with Crippen LogP contribution in [0.5, 0.6) is 0 Å². The van der Waals surface area contributed by atoms with Crippen LogP contribution < -0.4 is 11.1 Å². The Kier molecular flexibility index (Phi) is 5.15. The highest BCUT2D eigenvalue weighted by Gasteiger charge is 2.38. The lowest BCUT2D eigenvalue weighted by molar-refractivity contribution is -0.125. The first-order chi connectivity index (χ1) is 11.0. The van der Waals surface area contributed by atoms with E-state index in [1.807, 2.05) is 6.07 Å². The summed E-state index contributed by atoms with van der Waals surface area (Å²) < 4.78 is 4.92. The number of nitrogens with zero attached hydrogens (tertiary/aromatic N) is 2. The SMILES string of the molecule is N#Cc1ccccc1CN1C(=O)OC[C@H]1C(=O)NCCC(N)=O. The number of hydrogen-bond acceptors (Lipinski definition) is 5. The van der Waals surface area contributed by atoms with Crippen LogP contribution in [0.25, 0.3) is 0 Å². The molecule has 0 radical (unpaired) electrons. The van der Waals surface area contributed by atoms with Crippen molar-refractivity contribution in [3.05, 3.63) is 35.4 Å². The Morgan fingerprint density at radius 1 is 1.43 bits per heavy atom. The van der Waals surface area contributed by atoms with Gasteiger partial charge in [-0.3, -0.25) is 14.5 Å². The van der Waals surface area contributed by atoms with E-state index in [4.69, 9.17) is 15.7 Å². The Hall–Kier alpha value is -3.08. The molecule has 1 heterocycles. The third-order valence-electron chi connectivity index (χ3n) is 3.43. The molecule has 8 heteroatoms. The minimum absolute atomic E-state index is 0.0184. The molecule has 120 valence electrons. The fourth-order valence-corrected chi connectivity index (χ4v) is 2.22. The summed E-state index contributed by atoms with van der Waals surface area (Å²) in [6.45, 7) is 0.119. The lowest BCUT2D eigenvalue weighted by atomic mass is 10.1. The van der Waals surface area contributed by atoms with Crippen molar-refractivity contribution >= 4 is 17.9 Å². The number of nitrogens with one attached hydrogen (secondary N) is 1. The molecule has 0 aromatic heterocycles. The van der Waals surface area contributed by atoms with Gasteiger partial charge in [0.15, 0.2) is 0 Å². The second-order valence-corrected chi connectivity index (χ2v) is 5.00. The fraction of sp³-hybridized carbons (Fsp3) is 0.333. The number of ether oxygens (including phenoxy) is 1. The second kappa shape index (κ2) is 7.26. The molecule has 0 bridgehead atoms. The van der Waals surface area contributed by atoms with E-state index in [-0.39, 0.29) is 26.1 Å². The van der Waals surface area contributed by atoms with Gasteiger partial charge in [-0.2, -0.15) is 5.26 Å². The van der Waals surface area contributed by atoms with Gasteiger partial charge in [0.05, 0.1) is 18.2 Å². The standard InChI is InChI=1S/C15H16N4O4/c16-7-10-3-1-2-4-11(10)8-19-12(9-23-15(19)22)14(21)18-6-5-13(17)20/h1-4,12H,5-6,8-9H2,(H2,17,20)(H,18,21)/t12-/m0/s1. The number of amides is 3. The second-order valence-electron chi connectivity index (χ2n) is 5.00. The molecule has 1 saturated heterocycles. The molecule has 1 fully saturated rings. The maximum atomic E-state index is 12.1. The van der Waals surface area contributed by atoms with E-state index in [0.29, 0.717) is 11.1 Å². The molecule has 0 aliphatic carbocycles. The number of hydrogen-bond donors (Lipinski definition) is 2. The zero-order chi connectivity index (χ0) is 16.8. The zero-order valence-electron chi connectivity index (χ0n) is 12.3. The summed E-state index contributed by atoms with van der Waals surface area (Å²) in [6, 6.07) is 8.06. The number of rotatable bonds is 6. The minimum atomic E-state index is -0.804. The maximum Gasteiger partial charge on any atom is 0.410 e. The van der Waals surface area contributed by atoms with Crippen molar-refractivity contribution in [3.8, 4) is 6.07 Å². The Balaban J connectivity index is 2.06. The van der Waals surface area contributed by atoms with Gasteiger partial charge in [-0.15, -0.1) is 0 Å². The number of carbonyl (C=O) groups excluding carboxylic acids is 3. The molecule has 3 N–H and O–H groups in total. The summed E-state index contributed by atoms with van der Waals surface area (Å²) in [5.41, 5.74) is 6.06. The van der Waals surface area contributed by atoms with Crippen LogP contribution in [0.15, 0.2) is 24.3 Å². The normalized spacial score (nSPS) is 16.6. The summed E-state index contributed by atoms with van der Waals surface area (Å²) >= 11 is 0. The van der Waals surface area contributed by atoms with Crippen molar-refractivity contribution < 1.29 is 19.1 Å². The molecule has 3 amide bonds.